The first-order chi connectivity index (χ1) is 12.2. The van der Waals surface area contributed by atoms with Gasteiger partial charge in [-0.15, -0.1) is 0 Å². The van der Waals surface area contributed by atoms with Crippen molar-refractivity contribution in [2.75, 3.05) is 27.3 Å². The monoisotopic (exact) mass is 337 g/mol. The van der Waals surface area contributed by atoms with E-state index in [0.29, 0.717) is 0 Å². The Labute approximate surface area is 150 Å². The summed E-state index contributed by atoms with van der Waals surface area (Å²) in [5.74, 6) is 1.84. The molecule has 4 aliphatic rings. The number of hydrogen-bond acceptors (Lipinski definition) is 3. The Morgan fingerprint density at radius 3 is 2.88 bits per heavy atom. The molecular formula is C22H27NO2. The Kier molecular flexibility index (Phi) is 3.42. The quantitative estimate of drug-likeness (QED) is 0.833. The van der Waals surface area contributed by atoms with Crippen LogP contribution in [0.1, 0.15) is 36.8 Å². The summed E-state index contributed by atoms with van der Waals surface area (Å²) in [5.41, 5.74) is 4.21. The van der Waals surface area contributed by atoms with Gasteiger partial charge >= 0.3 is 0 Å². The number of ether oxygens (including phenoxy) is 2. The highest BCUT2D eigenvalue weighted by atomic mass is 16.5. The van der Waals surface area contributed by atoms with Crippen molar-refractivity contribution in [3.05, 3.63) is 53.1 Å². The molecule has 3 heteroatoms. The molecule has 0 N–H and O–H groups in total. The Bertz CT molecular complexity index is 763. The number of piperidine rings is 1. The second-order valence-corrected chi connectivity index (χ2v) is 8.17. The number of fused-ring (bicyclic) bond motifs is 2. The van der Waals surface area contributed by atoms with Gasteiger partial charge in [-0.1, -0.05) is 18.2 Å². The smallest absolute Gasteiger partial charge is 0.141 e. The Morgan fingerprint density at radius 2 is 2.12 bits per heavy atom. The van der Waals surface area contributed by atoms with Crippen LogP contribution in [0, 0.1) is 5.92 Å². The van der Waals surface area contributed by atoms with Crippen LogP contribution in [0.25, 0.3) is 0 Å². The van der Waals surface area contributed by atoms with Crippen LogP contribution in [0.3, 0.4) is 0 Å². The maximum atomic E-state index is 6.19. The lowest BCUT2D eigenvalue weighted by molar-refractivity contribution is -0.140. The number of methoxy groups -OCH3 is 2. The SMILES string of the molecule is COc1ccc2c(c1)C13CCN(CC4CC4)C(OC)(C=CC1=CC2)C3. The second-order valence-electron chi connectivity index (χ2n) is 8.17. The van der Waals surface area contributed by atoms with Gasteiger partial charge < -0.3 is 9.47 Å². The van der Waals surface area contributed by atoms with Crippen LogP contribution in [0.4, 0.5) is 0 Å². The van der Waals surface area contributed by atoms with Gasteiger partial charge in [-0.2, -0.15) is 0 Å². The summed E-state index contributed by atoms with van der Waals surface area (Å²) in [7, 11) is 3.64. The van der Waals surface area contributed by atoms with Crippen LogP contribution < -0.4 is 4.74 Å². The van der Waals surface area contributed by atoms with E-state index in [2.05, 4.69) is 41.3 Å². The predicted molar refractivity (Wildman–Crippen MR) is 98.9 cm³/mol. The van der Waals surface area contributed by atoms with E-state index in [9.17, 15) is 0 Å². The fourth-order valence-electron chi connectivity index (χ4n) is 5.24. The summed E-state index contributed by atoms with van der Waals surface area (Å²) in [4.78, 5) is 2.59. The lowest BCUT2D eigenvalue weighted by Gasteiger charge is -2.56. The maximum absolute atomic E-state index is 6.19. The van der Waals surface area contributed by atoms with E-state index in [0.717, 1.165) is 31.1 Å². The lowest BCUT2D eigenvalue weighted by Crippen LogP contribution is -2.61. The van der Waals surface area contributed by atoms with Crippen LogP contribution in [0.5, 0.6) is 5.75 Å². The zero-order valence-corrected chi connectivity index (χ0v) is 15.3. The molecule has 0 radical (unpaired) electrons. The number of nitrogens with zero attached hydrogens (tertiary/aromatic N) is 1. The zero-order valence-electron chi connectivity index (χ0n) is 15.3. The molecule has 0 amide bonds. The molecule has 2 atom stereocenters. The fraction of sp³-hybridized carbons (Fsp3) is 0.545. The van der Waals surface area contributed by atoms with Crippen molar-refractivity contribution in [2.45, 2.75) is 43.2 Å². The molecule has 1 aromatic rings. The Morgan fingerprint density at radius 1 is 1.24 bits per heavy atom. The van der Waals surface area contributed by atoms with Gasteiger partial charge in [0.2, 0.25) is 0 Å². The molecule has 1 aromatic carbocycles. The number of likely N-dealkylation sites (tertiary alicyclic amines) is 1. The first-order valence-electron chi connectivity index (χ1n) is 9.57. The van der Waals surface area contributed by atoms with Crippen LogP contribution in [0.15, 0.2) is 42.0 Å². The van der Waals surface area contributed by atoms with Crippen molar-refractivity contribution in [1.82, 2.24) is 4.90 Å². The van der Waals surface area contributed by atoms with Gasteiger partial charge in [0.25, 0.3) is 0 Å². The van der Waals surface area contributed by atoms with E-state index in [1.54, 1.807) is 7.11 Å². The standard InChI is InChI=1S/C22H27NO2/c1-24-19-8-6-17-5-7-18-9-10-22(25-2)15-21(18,20(17)13-19)11-12-23(22)14-16-3-4-16/h6-10,13,16H,3-5,11-12,14-15H2,1-2H3. The van der Waals surface area contributed by atoms with Crippen molar-refractivity contribution in [3.63, 3.8) is 0 Å². The van der Waals surface area contributed by atoms with E-state index in [-0.39, 0.29) is 11.1 Å². The molecule has 25 heavy (non-hydrogen) atoms. The number of hydrogen-bond donors (Lipinski definition) is 0. The van der Waals surface area contributed by atoms with Crippen molar-refractivity contribution >= 4 is 0 Å². The summed E-state index contributed by atoms with van der Waals surface area (Å²) in [6.07, 6.45) is 13.1. The molecule has 3 nitrogen and oxygen atoms in total. The van der Waals surface area contributed by atoms with Crippen molar-refractivity contribution in [1.29, 1.82) is 0 Å². The largest absolute Gasteiger partial charge is 0.497 e. The fourth-order valence-corrected chi connectivity index (χ4v) is 5.24. The molecule has 2 unspecified atom stereocenters. The van der Waals surface area contributed by atoms with Crippen LogP contribution in [0.2, 0.25) is 0 Å². The van der Waals surface area contributed by atoms with E-state index in [1.807, 2.05) is 7.11 Å². The highest BCUT2D eigenvalue weighted by molar-refractivity contribution is 5.55. The summed E-state index contributed by atoms with van der Waals surface area (Å²) in [5, 5.41) is 0. The zero-order chi connectivity index (χ0) is 17.1. The lowest BCUT2D eigenvalue weighted by atomic mass is 9.58. The number of rotatable bonds is 4. The summed E-state index contributed by atoms with van der Waals surface area (Å²) in [6, 6.07) is 6.62. The minimum atomic E-state index is -0.254. The normalized spacial score (nSPS) is 33.4. The van der Waals surface area contributed by atoms with Crippen LogP contribution in [-0.2, 0) is 16.6 Å². The molecule has 1 saturated heterocycles. The van der Waals surface area contributed by atoms with Crippen LogP contribution in [-0.4, -0.2) is 37.9 Å². The summed E-state index contributed by atoms with van der Waals surface area (Å²) in [6.45, 7) is 2.28. The molecule has 2 fully saturated rings. The van der Waals surface area contributed by atoms with Crippen molar-refractivity contribution in [2.24, 2.45) is 5.92 Å². The number of benzene rings is 1. The van der Waals surface area contributed by atoms with E-state index >= 15 is 0 Å². The van der Waals surface area contributed by atoms with Gasteiger partial charge in [-0.3, -0.25) is 4.90 Å². The van der Waals surface area contributed by atoms with Gasteiger partial charge in [-0.25, -0.2) is 0 Å². The molecule has 2 bridgehead atoms. The first-order valence-corrected chi connectivity index (χ1v) is 9.57. The topological polar surface area (TPSA) is 21.7 Å². The molecule has 3 aliphatic carbocycles. The third-order valence-electron chi connectivity index (χ3n) is 6.88. The predicted octanol–water partition coefficient (Wildman–Crippen LogP) is 3.83. The maximum Gasteiger partial charge on any atom is 0.141 e. The minimum absolute atomic E-state index is 0.0763. The Hall–Kier alpha value is -1.58. The van der Waals surface area contributed by atoms with Gasteiger partial charge in [0.1, 0.15) is 11.5 Å². The molecule has 1 spiro atoms. The van der Waals surface area contributed by atoms with Gasteiger partial charge in [0.15, 0.2) is 0 Å². The number of allylic oxidation sites excluding steroid dienone is 3. The summed E-state index contributed by atoms with van der Waals surface area (Å²) >= 11 is 0. The van der Waals surface area contributed by atoms with Crippen molar-refractivity contribution < 1.29 is 9.47 Å². The molecule has 132 valence electrons. The average Bonchev–Trinajstić information content (AvgIpc) is 3.47. The van der Waals surface area contributed by atoms with Gasteiger partial charge in [-0.05, 0) is 66.5 Å². The second kappa shape index (κ2) is 5.46. The molecule has 1 aliphatic heterocycles. The first kappa shape index (κ1) is 15.7. The molecule has 1 saturated carbocycles. The third-order valence-corrected chi connectivity index (χ3v) is 6.88. The van der Waals surface area contributed by atoms with E-state index in [4.69, 9.17) is 9.47 Å². The van der Waals surface area contributed by atoms with Gasteiger partial charge in [0, 0.05) is 32.0 Å². The van der Waals surface area contributed by atoms with Crippen LogP contribution >= 0.6 is 0 Å². The highest BCUT2D eigenvalue weighted by Gasteiger charge is 2.54. The summed E-state index contributed by atoms with van der Waals surface area (Å²) < 4.78 is 11.7. The van der Waals surface area contributed by atoms with Gasteiger partial charge in [0.05, 0.1) is 7.11 Å². The van der Waals surface area contributed by atoms with E-state index < -0.39 is 0 Å². The van der Waals surface area contributed by atoms with E-state index in [1.165, 1.54) is 42.5 Å². The third kappa shape index (κ3) is 2.25. The van der Waals surface area contributed by atoms with Crippen molar-refractivity contribution in [3.8, 4) is 5.75 Å². The molecular weight excluding hydrogens is 310 g/mol. The highest BCUT2D eigenvalue weighted by Crippen LogP contribution is 2.55. The molecule has 1 heterocycles. The molecule has 5 rings (SSSR count). The molecule has 0 aromatic heterocycles. The Balaban J connectivity index is 1.60. The average molecular weight is 337 g/mol. The minimum Gasteiger partial charge on any atom is -0.497 e.